The maximum absolute atomic E-state index is 13.3. The number of fused-ring (bicyclic) bond motifs is 2. The number of nitrogens with one attached hydrogen (secondary N) is 3. The molecule has 1 aromatic carbocycles. The smallest absolute Gasteiger partial charge is 0.255 e. The number of benzene rings is 1. The molecule has 0 bridgehead atoms. The highest BCUT2D eigenvalue weighted by Crippen LogP contribution is 2.39. The van der Waals surface area contributed by atoms with Crippen LogP contribution in [0.3, 0.4) is 0 Å². The van der Waals surface area contributed by atoms with Crippen LogP contribution in [-0.2, 0) is 11.2 Å². The Morgan fingerprint density at radius 3 is 2.79 bits per heavy atom. The van der Waals surface area contributed by atoms with Gasteiger partial charge < -0.3 is 15.6 Å². The fourth-order valence-electron chi connectivity index (χ4n) is 4.77. The third-order valence-electron chi connectivity index (χ3n) is 6.65. The molecule has 2 heterocycles. The Balaban J connectivity index is 1.34. The molecule has 1 saturated carbocycles. The quantitative estimate of drug-likeness (QED) is 0.508. The van der Waals surface area contributed by atoms with Gasteiger partial charge in [-0.25, -0.2) is 9.97 Å². The molecule has 3 aromatic rings. The zero-order valence-corrected chi connectivity index (χ0v) is 19.2. The molecule has 0 aliphatic heterocycles. The first-order valence-electron chi connectivity index (χ1n) is 12.0. The van der Waals surface area contributed by atoms with E-state index in [1.807, 2.05) is 12.1 Å². The molecule has 0 spiro atoms. The molecule has 2 aliphatic rings. The van der Waals surface area contributed by atoms with E-state index in [1.54, 1.807) is 12.4 Å². The van der Waals surface area contributed by atoms with E-state index in [1.165, 1.54) is 11.1 Å². The number of hydrogen-bond donors (Lipinski definition) is 3. The second-order valence-corrected chi connectivity index (χ2v) is 9.78. The largest absolute Gasteiger partial charge is 0.348 e. The first-order chi connectivity index (χ1) is 16.0. The van der Waals surface area contributed by atoms with Crippen LogP contribution in [-0.4, -0.2) is 32.8 Å². The van der Waals surface area contributed by atoms with Crippen molar-refractivity contribution >= 4 is 23.0 Å². The van der Waals surface area contributed by atoms with Crippen molar-refractivity contribution in [2.75, 3.05) is 0 Å². The first kappa shape index (κ1) is 21.6. The summed E-state index contributed by atoms with van der Waals surface area (Å²) in [5.74, 6) is 0.270. The number of amides is 2. The van der Waals surface area contributed by atoms with E-state index in [9.17, 15) is 9.59 Å². The lowest BCUT2D eigenvalue weighted by Crippen LogP contribution is -2.48. The lowest BCUT2D eigenvalue weighted by atomic mass is 9.87. The van der Waals surface area contributed by atoms with Crippen LogP contribution in [0.25, 0.3) is 11.2 Å². The normalized spacial score (nSPS) is 18.7. The van der Waals surface area contributed by atoms with Crippen LogP contribution in [0, 0.1) is 5.92 Å². The molecule has 2 aromatic heterocycles. The van der Waals surface area contributed by atoms with Gasteiger partial charge in [0.05, 0.1) is 23.5 Å². The Bertz CT molecular complexity index is 1180. The van der Waals surface area contributed by atoms with E-state index in [-0.39, 0.29) is 23.8 Å². The Labute approximate surface area is 193 Å². The molecule has 3 N–H and O–H groups in total. The van der Waals surface area contributed by atoms with Crippen molar-refractivity contribution in [2.45, 2.75) is 70.4 Å². The number of aromatic amines is 1. The molecule has 2 aliphatic carbocycles. The molecule has 0 radical (unpaired) electrons. The number of hydrogen-bond acceptors (Lipinski definition) is 4. The van der Waals surface area contributed by atoms with Crippen molar-refractivity contribution in [3.63, 3.8) is 0 Å². The lowest BCUT2D eigenvalue weighted by molar-refractivity contribution is -0.124. The van der Waals surface area contributed by atoms with Crippen LogP contribution in [0.4, 0.5) is 0 Å². The van der Waals surface area contributed by atoms with Crippen molar-refractivity contribution in [3.05, 3.63) is 59.0 Å². The summed E-state index contributed by atoms with van der Waals surface area (Å²) in [7, 11) is 0. The van der Waals surface area contributed by atoms with Crippen molar-refractivity contribution in [3.8, 4) is 0 Å². The molecule has 0 saturated heterocycles. The predicted molar refractivity (Wildman–Crippen MR) is 127 cm³/mol. The van der Waals surface area contributed by atoms with Crippen LogP contribution in [0.1, 0.15) is 85.1 Å². The summed E-state index contributed by atoms with van der Waals surface area (Å²) in [5, 5.41) is 6.19. The number of carbonyl (C=O) groups excluding carboxylic acids is 2. The van der Waals surface area contributed by atoms with E-state index in [4.69, 9.17) is 4.98 Å². The van der Waals surface area contributed by atoms with Gasteiger partial charge in [0.25, 0.3) is 5.91 Å². The zero-order chi connectivity index (χ0) is 22.9. The van der Waals surface area contributed by atoms with E-state index in [0.29, 0.717) is 29.1 Å². The predicted octanol–water partition coefficient (Wildman–Crippen LogP) is 4.17. The van der Waals surface area contributed by atoms with Crippen molar-refractivity contribution in [1.29, 1.82) is 0 Å². The average molecular weight is 446 g/mol. The van der Waals surface area contributed by atoms with Gasteiger partial charge in [0.1, 0.15) is 11.6 Å². The summed E-state index contributed by atoms with van der Waals surface area (Å²) in [5.41, 5.74) is 5.01. The number of nitrogens with zero attached hydrogens (tertiary/aromatic N) is 2. The fourth-order valence-corrected chi connectivity index (χ4v) is 4.77. The molecule has 7 nitrogen and oxygen atoms in total. The molecule has 2 amide bonds. The fraction of sp³-hybridized carbons (Fsp3) is 0.462. The summed E-state index contributed by atoms with van der Waals surface area (Å²) in [6.07, 6.45) is 9.22. The average Bonchev–Trinajstić information content (AvgIpc) is 3.57. The van der Waals surface area contributed by atoms with Crippen molar-refractivity contribution in [2.24, 2.45) is 5.92 Å². The monoisotopic (exact) mass is 445 g/mol. The van der Waals surface area contributed by atoms with E-state index < -0.39 is 6.04 Å². The molecular formula is C26H31N5O2. The molecule has 172 valence electrons. The zero-order valence-electron chi connectivity index (χ0n) is 19.2. The Morgan fingerprint density at radius 1 is 1.18 bits per heavy atom. The highest BCUT2D eigenvalue weighted by Gasteiger charge is 2.29. The second-order valence-electron chi connectivity index (χ2n) is 9.78. The van der Waals surface area contributed by atoms with Crippen molar-refractivity contribution < 1.29 is 9.59 Å². The first-order valence-corrected chi connectivity index (χ1v) is 12.0. The van der Waals surface area contributed by atoms with Gasteiger partial charge in [-0.05, 0) is 55.6 Å². The summed E-state index contributed by atoms with van der Waals surface area (Å²) in [6.45, 7) is 4.11. The van der Waals surface area contributed by atoms with Gasteiger partial charge in [-0.1, -0.05) is 38.1 Å². The van der Waals surface area contributed by atoms with Gasteiger partial charge in [-0.15, -0.1) is 0 Å². The maximum Gasteiger partial charge on any atom is 0.255 e. The van der Waals surface area contributed by atoms with Gasteiger partial charge in [-0.2, -0.15) is 0 Å². The Kier molecular flexibility index (Phi) is 5.87. The van der Waals surface area contributed by atoms with E-state index in [0.717, 1.165) is 37.8 Å². The highest BCUT2D eigenvalue weighted by molar-refractivity contribution is 6.05. The summed E-state index contributed by atoms with van der Waals surface area (Å²) < 4.78 is 0. The number of aryl methyl sites for hydroxylation is 1. The highest BCUT2D eigenvalue weighted by atomic mass is 16.2. The SMILES string of the molecule is CC(C)C[C@@H](NC(=O)c1c[nH]c2ncc(C3CC3)nc12)C(=O)NC1CCCc2ccccc21. The van der Waals surface area contributed by atoms with Gasteiger partial charge in [0.15, 0.2) is 5.65 Å². The summed E-state index contributed by atoms with van der Waals surface area (Å²) in [4.78, 5) is 38.7. The number of aromatic nitrogens is 3. The van der Waals surface area contributed by atoms with Crippen LogP contribution in [0.2, 0.25) is 0 Å². The maximum atomic E-state index is 13.3. The van der Waals surface area contributed by atoms with E-state index >= 15 is 0 Å². The van der Waals surface area contributed by atoms with Crippen LogP contribution < -0.4 is 10.6 Å². The topological polar surface area (TPSA) is 99.8 Å². The Morgan fingerprint density at radius 2 is 2.00 bits per heavy atom. The van der Waals surface area contributed by atoms with Crippen LogP contribution >= 0.6 is 0 Å². The number of carbonyl (C=O) groups is 2. The lowest BCUT2D eigenvalue weighted by Gasteiger charge is -2.29. The molecule has 1 unspecified atom stereocenters. The van der Waals surface area contributed by atoms with Gasteiger partial charge in [0.2, 0.25) is 5.91 Å². The molecule has 7 heteroatoms. The standard InChI is InChI=1S/C26H31N5O2/c1-15(2)12-21(26(33)30-20-9-5-7-16-6-3-4-8-18(16)20)31-25(32)19-13-27-24-23(19)29-22(14-28-24)17-10-11-17/h3-4,6,8,13-15,17,20-21H,5,7,9-12H2,1-2H3,(H,27,28)(H,30,33)(H,31,32)/t20?,21-/m1/s1. The third kappa shape index (κ3) is 4.63. The minimum absolute atomic E-state index is 0.0194. The number of H-pyrrole nitrogens is 1. The molecular weight excluding hydrogens is 414 g/mol. The minimum atomic E-state index is -0.615. The number of rotatable bonds is 7. The van der Waals surface area contributed by atoms with Crippen LogP contribution in [0.5, 0.6) is 0 Å². The van der Waals surface area contributed by atoms with Crippen LogP contribution in [0.15, 0.2) is 36.7 Å². The molecule has 2 atom stereocenters. The molecule has 1 fully saturated rings. The second kappa shape index (κ2) is 8.96. The molecule has 33 heavy (non-hydrogen) atoms. The van der Waals surface area contributed by atoms with Gasteiger partial charge in [-0.3, -0.25) is 9.59 Å². The van der Waals surface area contributed by atoms with Gasteiger partial charge >= 0.3 is 0 Å². The third-order valence-corrected chi connectivity index (χ3v) is 6.65. The summed E-state index contributed by atoms with van der Waals surface area (Å²) >= 11 is 0. The minimum Gasteiger partial charge on any atom is -0.348 e. The van der Waals surface area contributed by atoms with E-state index in [2.05, 4.69) is 46.6 Å². The van der Waals surface area contributed by atoms with Gasteiger partial charge in [0, 0.05) is 12.1 Å². The Hall–Kier alpha value is -3.22. The summed E-state index contributed by atoms with van der Waals surface area (Å²) in [6, 6.07) is 7.66. The molecule has 5 rings (SSSR count). The van der Waals surface area contributed by atoms with Crippen molar-refractivity contribution in [1.82, 2.24) is 25.6 Å².